The third kappa shape index (κ3) is 10.1. The molecule has 36 heavy (non-hydrogen) atoms. The van der Waals surface area contributed by atoms with E-state index in [4.69, 9.17) is 4.74 Å². The molecule has 1 rings (SSSR count). The van der Waals surface area contributed by atoms with Gasteiger partial charge in [-0.3, -0.25) is 14.4 Å². The van der Waals surface area contributed by atoms with Crippen molar-refractivity contribution in [2.24, 2.45) is 5.92 Å². The van der Waals surface area contributed by atoms with Crippen molar-refractivity contribution in [3.63, 3.8) is 0 Å². The zero-order chi connectivity index (χ0) is 27.5. The molecular formula is C26H41N3O7. The molecule has 3 amide bonds. The Hall–Kier alpha value is -3.30. The molecule has 10 nitrogen and oxygen atoms in total. The molecule has 0 spiro atoms. The van der Waals surface area contributed by atoms with Crippen LogP contribution in [0.15, 0.2) is 24.3 Å². The summed E-state index contributed by atoms with van der Waals surface area (Å²) in [5.74, 6) is -1.95. The lowest BCUT2D eigenvalue weighted by molar-refractivity contribution is -0.145. The maximum atomic E-state index is 13.9. The number of carbonyl (C=O) groups excluding carboxylic acids is 4. The molecule has 0 heterocycles. The van der Waals surface area contributed by atoms with E-state index < -0.39 is 48.1 Å². The predicted octanol–water partition coefficient (Wildman–Crippen LogP) is 3.29. The molecule has 0 fully saturated rings. The Balaban J connectivity index is 3.47. The van der Waals surface area contributed by atoms with E-state index in [1.165, 1.54) is 18.1 Å². The van der Waals surface area contributed by atoms with E-state index in [-0.39, 0.29) is 23.8 Å². The number of aromatic hydroxyl groups is 1. The van der Waals surface area contributed by atoms with Crippen LogP contribution in [0.1, 0.15) is 72.4 Å². The first-order valence-electron chi connectivity index (χ1n) is 12.2. The second kappa shape index (κ2) is 14.3. The minimum Gasteiger partial charge on any atom is -0.508 e. The standard InChI is InChI=1S/C26H41N3O7/c1-8-9-14-29(24(33)19(15-17(2)3)28-25(34)36-26(4,5)6)22(18-12-10-11-13-20(18)30)23(32)27-16-21(31)35-7/h10-13,17,19,22,30H,8-9,14-16H2,1-7H3,(H,27,32)(H,28,34). The number of rotatable bonds is 12. The van der Waals surface area contributed by atoms with Gasteiger partial charge in [0.05, 0.1) is 7.11 Å². The van der Waals surface area contributed by atoms with Crippen LogP contribution in [0.25, 0.3) is 0 Å². The number of unbranched alkanes of at least 4 members (excludes halogenated alkanes) is 1. The molecule has 0 aliphatic rings. The second-order valence-corrected chi connectivity index (χ2v) is 9.97. The van der Waals surface area contributed by atoms with Crippen molar-refractivity contribution in [2.75, 3.05) is 20.2 Å². The Morgan fingerprint density at radius 1 is 1.11 bits per heavy atom. The van der Waals surface area contributed by atoms with Gasteiger partial charge in [0.1, 0.15) is 30.0 Å². The summed E-state index contributed by atoms with van der Waals surface area (Å²) in [6.45, 7) is 10.7. The minimum atomic E-state index is -1.25. The van der Waals surface area contributed by atoms with E-state index in [0.29, 0.717) is 12.8 Å². The largest absolute Gasteiger partial charge is 0.508 e. The summed E-state index contributed by atoms with van der Waals surface area (Å²) in [6.07, 6.45) is 0.861. The normalized spacial score (nSPS) is 12.9. The fourth-order valence-corrected chi connectivity index (χ4v) is 3.54. The van der Waals surface area contributed by atoms with Crippen LogP contribution < -0.4 is 10.6 Å². The maximum Gasteiger partial charge on any atom is 0.408 e. The molecule has 2 unspecified atom stereocenters. The summed E-state index contributed by atoms with van der Waals surface area (Å²) in [5, 5.41) is 15.7. The fraction of sp³-hybridized carbons (Fsp3) is 0.615. The SMILES string of the molecule is CCCCN(C(=O)C(CC(C)C)NC(=O)OC(C)(C)C)C(C(=O)NCC(=O)OC)c1ccccc1O. The first-order valence-corrected chi connectivity index (χ1v) is 12.2. The lowest BCUT2D eigenvalue weighted by atomic mass is 9.98. The van der Waals surface area contributed by atoms with Crippen molar-refractivity contribution >= 4 is 23.9 Å². The number of hydrogen-bond donors (Lipinski definition) is 3. The number of nitrogens with one attached hydrogen (secondary N) is 2. The predicted molar refractivity (Wildman–Crippen MR) is 135 cm³/mol. The molecule has 0 aliphatic heterocycles. The van der Waals surface area contributed by atoms with Gasteiger partial charge in [0.15, 0.2) is 0 Å². The van der Waals surface area contributed by atoms with Crippen molar-refractivity contribution in [2.45, 2.75) is 78.5 Å². The van der Waals surface area contributed by atoms with E-state index in [1.54, 1.807) is 39.0 Å². The number of phenols is 1. The molecule has 0 saturated heterocycles. The monoisotopic (exact) mass is 507 g/mol. The molecule has 0 aliphatic carbocycles. The van der Waals surface area contributed by atoms with Crippen LogP contribution in [-0.4, -0.2) is 65.7 Å². The number of esters is 1. The van der Waals surface area contributed by atoms with Crippen molar-refractivity contribution in [3.8, 4) is 5.75 Å². The van der Waals surface area contributed by atoms with E-state index >= 15 is 0 Å². The van der Waals surface area contributed by atoms with Gasteiger partial charge in [-0.2, -0.15) is 0 Å². The van der Waals surface area contributed by atoms with Crippen molar-refractivity contribution in [1.82, 2.24) is 15.5 Å². The lowest BCUT2D eigenvalue weighted by Gasteiger charge is -2.35. The average Bonchev–Trinajstić information content (AvgIpc) is 2.78. The Bertz CT molecular complexity index is 896. The van der Waals surface area contributed by atoms with Gasteiger partial charge in [0.25, 0.3) is 0 Å². The molecule has 1 aromatic carbocycles. The Morgan fingerprint density at radius 3 is 2.28 bits per heavy atom. The molecule has 0 aromatic heterocycles. The highest BCUT2D eigenvalue weighted by Crippen LogP contribution is 2.30. The number of ether oxygens (including phenoxy) is 2. The van der Waals surface area contributed by atoms with Crippen LogP contribution >= 0.6 is 0 Å². The van der Waals surface area contributed by atoms with Gasteiger partial charge in [-0.25, -0.2) is 4.79 Å². The highest BCUT2D eigenvalue weighted by atomic mass is 16.6. The second-order valence-electron chi connectivity index (χ2n) is 9.97. The van der Waals surface area contributed by atoms with E-state index in [1.807, 2.05) is 20.8 Å². The minimum absolute atomic E-state index is 0.0404. The first kappa shape index (κ1) is 30.7. The van der Waals surface area contributed by atoms with Crippen LogP contribution in [0.3, 0.4) is 0 Å². The smallest absolute Gasteiger partial charge is 0.408 e. The number of hydrogen-bond acceptors (Lipinski definition) is 7. The molecule has 202 valence electrons. The Morgan fingerprint density at radius 2 is 1.75 bits per heavy atom. The van der Waals surface area contributed by atoms with Gasteiger partial charge in [-0.05, 0) is 45.6 Å². The molecule has 2 atom stereocenters. The van der Waals surface area contributed by atoms with E-state index in [9.17, 15) is 24.3 Å². The van der Waals surface area contributed by atoms with Crippen LogP contribution in [0, 0.1) is 5.92 Å². The summed E-state index contributed by atoms with van der Waals surface area (Å²) in [7, 11) is 1.20. The average molecular weight is 508 g/mol. The maximum absolute atomic E-state index is 13.9. The molecular weight excluding hydrogens is 466 g/mol. The quantitative estimate of drug-likeness (QED) is 0.370. The summed E-state index contributed by atoms with van der Waals surface area (Å²) in [4.78, 5) is 52.8. The third-order valence-corrected chi connectivity index (χ3v) is 5.16. The molecule has 0 bridgehead atoms. The number of methoxy groups -OCH3 is 1. The molecule has 0 radical (unpaired) electrons. The van der Waals surface area contributed by atoms with Crippen LogP contribution in [-0.2, 0) is 23.9 Å². The lowest BCUT2D eigenvalue weighted by Crippen LogP contribution is -2.54. The van der Waals surface area contributed by atoms with Gasteiger partial charge in [-0.15, -0.1) is 0 Å². The first-order chi connectivity index (χ1) is 16.8. The summed E-state index contributed by atoms with van der Waals surface area (Å²) < 4.78 is 9.96. The van der Waals surface area contributed by atoms with Gasteiger partial charge < -0.3 is 30.1 Å². The molecule has 0 saturated carbocycles. The number of alkyl carbamates (subject to hydrolysis) is 1. The Kier molecular flexibility index (Phi) is 12.2. The zero-order valence-corrected chi connectivity index (χ0v) is 22.4. The van der Waals surface area contributed by atoms with Crippen LogP contribution in [0.4, 0.5) is 4.79 Å². The van der Waals surface area contributed by atoms with Crippen LogP contribution in [0.5, 0.6) is 5.75 Å². The Labute approximate surface area is 213 Å². The number of carbonyl (C=O) groups is 4. The topological polar surface area (TPSA) is 134 Å². The van der Waals surface area contributed by atoms with Crippen LogP contribution in [0.2, 0.25) is 0 Å². The van der Waals surface area contributed by atoms with Crippen molar-refractivity contribution < 1.29 is 33.8 Å². The van der Waals surface area contributed by atoms with Gasteiger partial charge >= 0.3 is 12.1 Å². The van der Waals surface area contributed by atoms with E-state index in [0.717, 1.165) is 6.42 Å². The fourth-order valence-electron chi connectivity index (χ4n) is 3.54. The molecule has 3 N–H and O–H groups in total. The highest BCUT2D eigenvalue weighted by Gasteiger charge is 2.37. The van der Waals surface area contributed by atoms with Gasteiger partial charge in [0, 0.05) is 12.1 Å². The summed E-state index contributed by atoms with van der Waals surface area (Å²) in [5.41, 5.74) is -0.561. The summed E-state index contributed by atoms with van der Waals surface area (Å²) in [6, 6.07) is 3.99. The van der Waals surface area contributed by atoms with E-state index in [2.05, 4.69) is 15.4 Å². The van der Waals surface area contributed by atoms with Crippen molar-refractivity contribution in [1.29, 1.82) is 0 Å². The highest BCUT2D eigenvalue weighted by molar-refractivity contribution is 5.93. The van der Waals surface area contributed by atoms with Gasteiger partial charge in [0.2, 0.25) is 11.8 Å². The zero-order valence-electron chi connectivity index (χ0n) is 22.4. The molecule has 10 heteroatoms. The number of phenolic OH excluding ortho intramolecular Hbond substituents is 1. The third-order valence-electron chi connectivity index (χ3n) is 5.16. The molecule has 1 aromatic rings. The van der Waals surface area contributed by atoms with Crippen molar-refractivity contribution in [3.05, 3.63) is 29.8 Å². The van der Waals surface area contributed by atoms with Gasteiger partial charge in [-0.1, -0.05) is 45.4 Å². The number of amides is 3. The number of para-hydroxylation sites is 1. The number of benzene rings is 1. The number of nitrogens with zero attached hydrogens (tertiary/aromatic N) is 1. The summed E-state index contributed by atoms with van der Waals surface area (Å²) >= 11 is 0.